The fraction of sp³-hybridized carbons (Fsp3) is 0.235. The molecule has 0 saturated carbocycles. The Morgan fingerprint density at radius 3 is 2.21 bits per heavy atom. The van der Waals surface area contributed by atoms with Gasteiger partial charge in [-0.3, -0.25) is 0 Å². The van der Waals surface area contributed by atoms with Gasteiger partial charge in [-0.1, -0.05) is 80.7 Å². The Bertz CT molecular complexity index is 529. The van der Waals surface area contributed by atoms with Crippen LogP contribution in [0.5, 0.6) is 0 Å². The Labute approximate surface area is 120 Å². The molecule has 2 aromatic rings. The van der Waals surface area contributed by atoms with E-state index in [-0.39, 0.29) is 0 Å². The fourth-order valence-corrected chi connectivity index (χ4v) is 2.11. The van der Waals surface area contributed by atoms with Gasteiger partial charge in [-0.2, -0.15) is 0 Å². The minimum atomic E-state index is 0.555. The van der Waals surface area contributed by atoms with E-state index in [1.807, 2.05) is 18.2 Å². The molecule has 0 heterocycles. The summed E-state index contributed by atoms with van der Waals surface area (Å²) in [6.07, 6.45) is 0. The summed E-state index contributed by atoms with van der Waals surface area (Å²) in [5, 5.41) is 3.30. The predicted octanol–water partition coefficient (Wildman–Crippen LogP) is 4.28. The Kier molecular flexibility index (Phi) is 4.69. The number of rotatable bonds is 4. The quantitative estimate of drug-likeness (QED) is 0.832. The normalized spacial score (nSPS) is 10.5. The lowest BCUT2D eigenvalue weighted by atomic mass is 10.0. The summed E-state index contributed by atoms with van der Waals surface area (Å²) in [4.78, 5) is 0.805. The second kappa shape index (κ2) is 6.48. The van der Waals surface area contributed by atoms with E-state index in [0.717, 1.165) is 17.1 Å². The van der Waals surface area contributed by atoms with E-state index in [4.69, 9.17) is 12.2 Å². The van der Waals surface area contributed by atoms with Crippen molar-refractivity contribution in [3.05, 3.63) is 71.3 Å². The molecule has 19 heavy (non-hydrogen) atoms. The highest BCUT2D eigenvalue weighted by Crippen LogP contribution is 2.15. The molecular weight excluding hydrogens is 250 g/mol. The average molecular weight is 269 g/mol. The van der Waals surface area contributed by atoms with Crippen LogP contribution in [0.15, 0.2) is 54.6 Å². The van der Waals surface area contributed by atoms with Crippen LogP contribution in [0, 0.1) is 0 Å². The van der Waals surface area contributed by atoms with Crippen LogP contribution in [0.2, 0.25) is 0 Å². The van der Waals surface area contributed by atoms with Crippen LogP contribution >= 0.6 is 12.2 Å². The van der Waals surface area contributed by atoms with Crippen molar-refractivity contribution in [3.8, 4) is 0 Å². The molecule has 0 amide bonds. The number of hydrogen-bond acceptors (Lipinski definition) is 1. The van der Waals surface area contributed by atoms with Gasteiger partial charge in [0.25, 0.3) is 0 Å². The third-order valence-electron chi connectivity index (χ3n) is 3.14. The van der Waals surface area contributed by atoms with Gasteiger partial charge in [0, 0.05) is 12.1 Å². The molecule has 0 bridgehead atoms. The summed E-state index contributed by atoms with van der Waals surface area (Å²) < 4.78 is 0. The maximum Gasteiger partial charge on any atom is 0.106 e. The van der Waals surface area contributed by atoms with Gasteiger partial charge in [0.15, 0.2) is 0 Å². The first kappa shape index (κ1) is 13.8. The lowest BCUT2D eigenvalue weighted by Crippen LogP contribution is -2.21. The molecule has 2 rings (SSSR count). The Balaban J connectivity index is 1.96. The largest absolute Gasteiger partial charge is 0.372 e. The Morgan fingerprint density at radius 2 is 1.63 bits per heavy atom. The molecule has 0 saturated heterocycles. The van der Waals surface area contributed by atoms with Crippen molar-refractivity contribution in [2.24, 2.45) is 0 Å². The van der Waals surface area contributed by atoms with E-state index in [0.29, 0.717) is 5.92 Å². The summed E-state index contributed by atoms with van der Waals surface area (Å²) >= 11 is 5.42. The van der Waals surface area contributed by atoms with Gasteiger partial charge in [-0.05, 0) is 17.0 Å². The molecule has 0 fully saturated rings. The van der Waals surface area contributed by atoms with Crippen molar-refractivity contribution in [1.82, 2.24) is 5.32 Å². The van der Waals surface area contributed by atoms with Crippen LogP contribution in [0.4, 0.5) is 0 Å². The monoisotopic (exact) mass is 269 g/mol. The number of nitrogens with one attached hydrogen (secondary N) is 1. The van der Waals surface area contributed by atoms with Crippen molar-refractivity contribution in [3.63, 3.8) is 0 Å². The molecule has 0 unspecified atom stereocenters. The van der Waals surface area contributed by atoms with Gasteiger partial charge in [-0.25, -0.2) is 0 Å². The van der Waals surface area contributed by atoms with E-state index in [1.54, 1.807) is 0 Å². The van der Waals surface area contributed by atoms with E-state index in [2.05, 4.69) is 55.6 Å². The van der Waals surface area contributed by atoms with Crippen molar-refractivity contribution in [2.75, 3.05) is 0 Å². The summed E-state index contributed by atoms with van der Waals surface area (Å²) in [6, 6.07) is 18.8. The standard InChI is InChI=1S/C17H19NS/c1-13(2)15-8-10-16(11-9-15)17(19)18-12-14-6-4-3-5-7-14/h3-11,13H,12H2,1-2H3,(H,18,19). The topological polar surface area (TPSA) is 12.0 Å². The molecule has 0 spiro atoms. The number of benzene rings is 2. The van der Waals surface area contributed by atoms with Gasteiger partial charge in [0.2, 0.25) is 0 Å². The zero-order valence-electron chi connectivity index (χ0n) is 11.4. The molecule has 0 aliphatic rings. The van der Waals surface area contributed by atoms with E-state index < -0.39 is 0 Å². The number of hydrogen-bond donors (Lipinski definition) is 1. The predicted molar refractivity (Wildman–Crippen MR) is 85.5 cm³/mol. The number of thiocarbonyl (C=S) groups is 1. The Hall–Kier alpha value is -1.67. The first-order chi connectivity index (χ1) is 9.16. The summed E-state index contributed by atoms with van der Waals surface area (Å²) in [5.74, 6) is 0.555. The fourth-order valence-electron chi connectivity index (χ4n) is 1.90. The van der Waals surface area contributed by atoms with Gasteiger partial charge in [-0.15, -0.1) is 0 Å². The molecule has 2 aromatic carbocycles. The van der Waals surface area contributed by atoms with Crippen LogP contribution in [-0.2, 0) is 6.54 Å². The molecule has 1 N–H and O–H groups in total. The van der Waals surface area contributed by atoms with Gasteiger partial charge in [0.1, 0.15) is 4.99 Å². The van der Waals surface area contributed by atoms with Crippen LogP contribution in [-0.4, -0.2) is 4.99 Å². The first-order valence-electron chi connectivity index (χ1n) is 6.59. The molecule has 0 aromatic heterocycles. The smallest absolute Gasteiger partial charge is 0.106 e. The molecule has 1 nitrogen and oxygen atoms in total. The minimum absolute atomic E-state index is 0.555. The molecule has 0 aliphatic heterocycles. The van der Waals surface area contributed by atoms with E-state index in [9.17, 15) is 0 Å². The van der Waals surface area contributed by atoms with Gasteiger partial charge >= 0.3 is 0 Å². The van der Waals surface area contributed by atoms with Gasteiger partial charge in [0.05, 0.1) is 0 Å². The maximum atomic E-state index is 5.42. The second-order valence-electron chi connectivity index (χ2n) is 4.94. The molecule has 98 valence electrons. The van der Waals surface area contributed by atoms with Crippen molar-refractivity contribution >= 4 is 17.2 Å². The minimum Gasteiger partial charge on any atom is -0.372 e. The lowest BCUT2D eigenvalue weighted by Gasteiger charge is -2.10. The molecule has 2 heteroatoms. The first-order valence-corrected chi connectivity index (χ1v) is 6.99. The van der Waals surface area contributed by atoms with Gasteiger partial charge < -0.3 is 5.32 Å². The van der Waals surface area contributed by atoms with Crippen molar-refractivity contribution < 1.29 is 0 Å². The SMILES string of the molecule is CC(C)c1ccc(C(=S)NCc2ccccc2)cc1. The van der Waals surface area contributed by atoms with Crippen LogP contribution in [0.1, 0.15) is 36.5 Å². The second-order valence-corrected chi connectivity index (χ2v) is 5.35. The highest BCUT2D eigenvalue weighted by Gasteiger charge is 2.03. The van der Waals surface area contributed by atoms with Crippen LogP contribution in [0.25, 0.3) is 0 Å². The highest BCUT2D eigenvalue weighted by atomic mass is 32.1. The maximum absolute atomic E-state index is 5.42. The molecular formula is C17H19NS. The van der Waals surface area contributed by atoms with Crippen molar-refractivity contribution in [1.29, 1.82) is 0 Å². The molecule has 0 radical (unpaired) electrons. The van der Waals surface area contributed by atoms with Crippen LogP contribution < -0.4 is 5.32 Å². The third-order valence-corrected chi connectivity index (χ3v) is 3.52. The zero-order chi connectivity index (χ0) is 13.7. The van der Waals surface area contributed by atoms with Crippen LogP contribution in [0.3, 0.4) is 0 Å². The third kappa shape index (κ3) is 3.90. The summed E-state index contributed by atoms with van der Waals surface area (Å²) in [7, 11) is 0. The van der Waals surface area contributed by atoms with E-state index in [1.165, 1.54) is 11.1 Å². The zero-order valence-corrected chi connectivity index (χ0v) is 12.2. The summed E-state index contributed by atoms with van der Waals surface area (Å²) in [5.41, 5.74) is 3.66. The summed E-state index contributed by atoms with van der Waals surface area (Å²) in [6.45, 7) is 5.16. The average Bonchev–Trinajstić information content (AvgIpc) is 2.46. The Morgan fingerprint density at radius 1 is 1.00 bits per heavy atom. The lowest BCUT2D eigenvalue weighted by molar-refractivity contribution is 0.866. The molecule has 0 atom stereocenters. The highest BCUT2D eigenvalue weighted by molar-refractivity contribution is 7.80. The van der Waals surface area contributed by atoms with E-state index >= 15 is 0 Å². The van der Waals surface area contributed by atoms with Crippen molar-refractivity contribution in [2.45, 2.75) is 26.3 Å². The molecule has 0 aliphatic carbocycles.